The number of amides is 1. The number of carbonyl (C=O) groups is 1. The first-order valence-electron chi connectivity index (χ1n) is 6.31. The Morgan fingerprint density at radius 1 is 1.45 bits per heavy atom. The Balaban J connectivity index is 2.38. The standard InChI is InChI=1S/C14H19FN2O2S/c1-10-3-4-11(15)12(9-10)19-8-6-14(18)17(2)7-5-13(16)20/h3-4,9H,5-8H2,1-2H3,(H2,16,20). The van der Waals surface area contributed by atoms with Gasteiger partial charge in [0.1, 0.15) is 0 Å². The molecule has 0 aliphatic carbocycles. The van der Waals surface area contributed by atoms with Gasteiger partial charge in [0.15, 0.2) is 11.6 Å². The normalized spacial score (nSPS) is 10.2. The Morgan fingerprint density at radius 3 is 2.80 bits per heavy atom. The van der Waals surface area contributed by atoms with Gasteiger partial charge < -0.3 is 15.4 Å². The van der Waals surface area contributed by atoms with Crippen LogP contribution in [0.1, 0.15) is 18.4 Å². The van der Waals surface area contributed by atoms with Crippen LogP contribution in [0.5, 0.6) is 5.75 Å². The quantitative estimate of drug-likeness (QED) is 0.783. The highest BCUT2D eigenvalue weighted by molar-refractivity contribution is 7.80. The molecule has 1 amide bonds. The minimum Gasteiger partial charge on any atom is -0.490 e. The van der Waals surface area contributed by atoms with E-state index in [1.165, 1.54) is 11.0 Å². The zero-order valence-electron chi connectivity index (χ0n) is 11.7. The van der Waals surface area contributed by atoms with Gasteiger partial charge in [-0.25, -0.2) is 4.39 Å². The van der Waals surface area contributed by atoms with Crippen molar-refractivity contribution in [1.29, 1.82) is 0 Å². The van der Waals surface area contributed by atoms with E-state index in [1.54, 1.807) is 19.2 Å². The van der Waals surface area contributed by atoms with Gasteiger partial charge in [-0.2, -0.15) is 0 Å². The fraction of sp³-hybridized carbons (Fsp3) is 0.429. The minimum absolute atomic E-state index is 0.0886. The summed E-state index contributed by atoms with van der Waals surface area (Å²) in [6.45, 7) is 2.46. The first kappa shape index (κ1) is 16.4. The van der Waals surface area contributed by atoms with Crippen molar-refractivity contribution in [2.24, 2.45) is 5.73 Å². The third-order valence-electron chi connectivity index (χ3n) is 2.78. The van der Waals surface area contributed by atoms with Crippen LogP contribution in [-0.2, 0) is 4.79 Å². The molecule has 110 valence electrons. The molecule has 1 aromatic rings. The van der Waals surface area contributed by atoms with E-state index in [0.717, 1.165) is 5.56 Å². The van der Waals surface area contributed by atoms with Gasteiger partial charge >= 0.3 is 0 Å². The number of thiocarbonyl (C=S) groups is 1. The molecule has 0 spiro atoms. The molecule has 0 saturated carbocycles. The molecule has 0 saturated heterocycles. The van der Waals surface area contributed by atoms with Crippen molar-refractivity contribution in [3.63, 3.8) is 0 Å². The highest BCUT2D eigenvalue weighted by atomic mass is 32.1. The summed E-state index contributed by atoms with van der Waals surface area (Å²) in [5.41, 5.74) is 6.28. The van der Waals surface area contributed by atoms with Gasteiger partial charge in [0.2, 0.25) is 5.91 Å². The van der Waals surface area contributed by atoms with Crippen molar-refractivity contribution in [1.82, 2.24) is 4.90 Å². The second-order valence-corrected chi connectivity index (χ2v) is 5.09. The Hall–Kier alpha value is -1.69. The Bertz CT molecular complexity index is 494. The molecule has 20 heavy (non-hydrogen) atoms. The number of hydrogen-bond donors (Lipinski definition) is 1. The molecule has 6 heteroatoms. The predicted molar refractivity (Wildman–Crippen MR) is 80.3 cm³/mol. The zero-order valence-corrected chi connectivity index (χ0v) is 12.5. The molecule has 0 atom stereocenters. The average Bonchev–Trinajstić information content (AvgIpc) is 2.39. The predicted octanol–water partition coefficient (Wildman–Crippen LogP) is 2.04. The van der Waals surface area contributed by atoms with Crippen molar-refractivity contribution >= 4 is 23.1 Å². The van der Waals surface area contributed by atoms with Crippen LogP contribution in [0.4, 0.5) is 4.39 Å². The van der Waals surface area contributed by atoms with Crippen LogP contribution in [0.25, 0.3) is 0 Å². The Kier molecular flexibility index (Phi) is 6.38. The fourth-order valence-corrected chi connectivity index (χ4v) is 1.65. The van der Waals surface area contributed by atoms with Gasteiger partial charge in [-0.1, -0.05) is 18.3 Å². The maximum Gasteiger partial charge on any atom is 0.225 e. The van der Waals surface area contributed by atoms with E-state index < -0.39 is 5.82 Å². The lowest BCUT2D eigenvalue weighted by molar-refractivity contribution is -0.130. The number of benzene rings is 1. The third-order valence-corrected chi connectivity index (χ3v) is 2.98. The monoisotopic (exact) mass is 298 g/mol. The summed E-state index contributed by atoms with van der Waals surface area (Å²) in [5, 5.41) is 0. The maximum absolute atomic E-state index is 13.4. The third kappa shape index (κ3) is 5.52. The molecule has 0 unspecified atom stereocenters. The number of carbonyl (C=O) groups excluding carboxylic acids is 1. The summed E-state index contributed by atoms with van der Waals surface area (Å²) in [5.74, 6) is -0.345. The number of nitrogens with two attached hydrogens (primary N) is 1. The minimum atomic E-state index is -0.426. The summed E-state index contributed by atoms with van der Waals surface area (Å²) >= 11 is 4.75. The molecule has 0 aliphatic heterocycles. The van der Waals surface area contributed by atoms with Crippen LogP contribution in [0, 0.1) is 12.7 Å². The van der Waals surface area contributed by atoms with Gasteiger partial charge in [-0.15, -0.1) is 0 Å². The average molecular weight is 298 g/mol. The summed E-state index contributed by atoms with van der Waals surface area (Å²) < 4.78 is 18.7. The second-order valence-electron chi connectivity index (χ2n) is 4.56. The van der Waals surface area contributed by atoms with Crippen molar-refractivity contribution < 1.29 is 13.9 Å². The van der Waals surface area contributed by atoms with Crippen molar-refractivity contribution in [2.75, 3.05) is 20.2 Å². The summed E-state index contributed by atoms with van der Waals surface area (Å²) in [4.78, 5) is 13.7. The molecular formula is C14H19FN2O2S. The molecule has 1 aromatic carbocycles. The Labute approximate surface area is 123 Å². The number of ether oxygens (including phenoxy) is 1. The number of aryl methyl sites for hydroxylation is 1. The van der Waals surface area contributed by atoms with Gasteiger partial charge in [-0.3, -0.25) is 4.79 Å². The van der Waals surface area contributed by atoms with Gasteiger partial charge in [0.05, 0.1) is 18.0 Å². The van der Waals surface area contributed by atoms with Crippen LogP contribution in [0.3, 0.4) is 0 Å². The fourth-order valence-electron chi connectivity index (χ4n) is 1.56. The molecule has 4 nitrogen and oxygen atoms in total. The largest absolute Gasteiger partial charge is 0.490 e. The van der Waals surface area contributed by atoms with Crippen LogP contribution in [-0.4, -0.2) is 36.0 Å². The van der Waals surface area contributed by atoms with Gasteiger partial charge in [0.25, 0.3) is 0 Å². The first-order chi connectivity index (χ1) is 9.40. The van der Waals surface area contributed by atoms with Crippen LogP contribution in [0.15, 0.2) is 18.2 Å². The van der Waals surface area contributed by atoms with E-state index in [4.69, 9.17) is 22.7 Å². The molecule has 0 bridgehead atoms. The van der Waals surface area contributed by atoms with Crippen LogP contribution in [0.2, 0.25) is 0 Å². The summed E-state index contributed by atoms with van der Waals surface area (Å²) in [6.07, 6.45) is 0.673. The van der Waals surface area contributed by atoms with E-state index in [1.807, 2.05) is 6.92 Å². The lowest BCUT2D eigenvalue weighted by atomic mass is 10.2. The number of hydrogen-bond acceptors (Lipinski definition) is 3. The number of rotatable bonds is 7. The molecule has 0 aliphatic rings. The zero-order chi connectivity index (χ0) is 15.1. The lowest BCUT2D eigenvalue weighted by Crippen LogP contribution is -2.30. The molecular weight excluding hydrogens is 279 g/mol. The molecule has 2 N–H and O–H groups in total. The number of nitrogens with zero attached hydrogens (tertiary/aromatic N) is 1. The van der Waals surface area contributed by atoms with Crippen LogP contribution < -0.4 is 10.5 Å². The first-order valence-corrected chi connectivity index (χ1v) is 6.72. The Morgan fingerprint density at radius 2 is 2.15 bits per heavy atom. The molecule has 0 radical (unpaired) electrons. The molecule has 0 aromatic heterocycles. The van der Waals surface area contributed by atoms with E-state index in [0.29, 0.717) is 18.0 Å². The van der Waals surface area contributed by atoms with Crippen molar-refractivity contribution in [3.05, 3.63) is 29.6 Å². The smallest absolute Gasteiger partial charge is 0.225 e. The van der Waals surface area contributed by atoms with E-state index in [2.05, 4.69) is 0 Å². The molecule has 0 heterocycles. The topological polar surface area (TPSA) is 55.6 Å². The van der Waals surface area contributed by atoms with Crippen molar-refractivity contribution in [2.45, 2.75) is 19.8 Å². The highest BCUT2D eigenvalue weighted by Crippen LogP contribution is 2.18. The van der Waals surface area contributed by atoms with Gasteiger partial charge in [-0.05, 0) is 24.6 Å². The highest BCUT2D eigenvalue weighted by Gasteiger charge is 2.10. The van der Waals surface area contributed by atoms with Gasteiger partial charge in [0, 0.05) is 20.0 Å². The van der Waals surface area contributed by atoms with Crippen molar-refractivity contribution in [3.8, 4) is 5.75 Å². The molecule has 1 rings (SSSR count). The maximum atomic E-state index is 13.4. The van der Waals surface area contributed by atoms with E-state index >= 15 is 0 Å². The van der Waals surface area contributed by atoms with E-state index in [-0.39, 0.29) is 24.7 Å². The number of halogens is 1. The summed E-state index contributed by atoms with van der Waals surface area (Å²) in [6, 6.07) is 4.62. The molecule has 0 fully saturated rings. The van der Waals surface area contributed by atoms with E-state index in [9.17, 15) is 9.18 Å². The second kappa shape index (κ2) is 7.79. The SMILES string of the molecule is Cc1ccc(F)c(OCCC(=O)N(C)CCC(N)=S)c1. The lowest BCUT2D eigenvalue weighted by Gasteiger charge is -2.17. The van der Waals surface area contributed by atoms with Crippen LogP contribution >= 0.6 is 12.2 Å². The summed E-state index contributed by atoms with van der Waals surface area (Å²) in [7, 11) is 1.67.